The molecule has 27 heavy (non-hydrogen) atoms. The minimum Gasteiger partial charge on any atom is -0.387 e. The first-order valence-corrected chi connectivity index (χ1v) is 10.0. The molecule has 0 bridgehead atoms. The summed E-state index contributed by atoms with van der Waals surface area (Å²) in [6.45, 7) is 4.01. The Balaban J connectivity index is 2.27. The Labute approximate surface area is 158 Å². The van der Waals surface area contributed by atoms with Crippen molar-refractivity contribution >= 4 is 21.4 Å². The summed E-state index contributed by atoms with van der Waals surface area (Å²) in [7, 11) is -3.80. The highest BCUT2D eigenvalue weighted by molar-refractivity contribution is 7.89. The van der Waals surface area contributed by atoms with Crippen LogP contribution in [-0.2, 0) is 10.0 Å². The van der Waals surface area contributed by atoms with E-state index >= 15 is 0 Å². The highest BCUT2D eigenvalue weighted by Crippen LogP contribution is 2.29. The fraction of sp³-hybridized carbons (Fsp3) is 0.333. The molecule has 0 aliphatic rings. The number of sulfonamides is 1. The van der Waals surface area contributed by atoms with Gasteiger partial charge in [0.25, 0.3) is 5.69 Å². The van der Waals surface area contributed by atoms with Gasteiger partial charge in [-0.3, -0.25) is 10.1 Å². The molecule has 0 radical (unpaired) electrons. The number of nitrogens with one attached hydrogen (secondary N) is 1. The number of benzene rings is 2. The Bertz CT molecular complexity index is 883. The van der Waals surface area contributed by atoms with E-state index in [1.807, 2.05) is 6.07 Å². The lowest BCUT2D eigenvalue weighted by Crippen LogP contribution is -2.30. The summed E-state index contributed by atoms with van der Waals surface area (Å²) >= 11 is 0. The Hall–Kier alpha value is -2.49. The Morgan fingerprint density at radius 1 is 1.15 bits per heavy atom. The second-order valence-corrected chi connectivity index (χ2v) is 7.77. The van der Waals surface area contributed by atoms with Gasteiger partial charge < -0.3 is 10.4 Å². The average molecular weight is 393 g/mol. The predicted molar refractivity (Wildman–Crippen MR) is 103 cm³/mol. The van der Waals surface area contributed by atoms with Gasteiger partial charge >= 0.3 is 0 Å². The maximum absolute atomic E-state index is 12.6. The van der Waals surface area contributed by atoms with Crippen LogP contribution in [-0.4, -0.2) is 42.4 Å². The molecule has 9 heteroatoms. The summed E-state index contributed by atoms with van der Waals surface area (Å²) in [5, 5.41) is 24.4. The van der Waals surface area contributed by atoms with Crippen molar-refractivity contribution in [2.45, 2.75) is 24.8 Å². The minimum absolute atomic E-state index is 0.0486. The van der Waals surface area contributed by atoms with Crippen molar-refractivity contribution in [1.82, 2.24) is 4.31 Å². The van der Waals surface area contributed by atoms with E-state index in [0.717, 1.165) is 6.07 Å². The van der Waals surface area contributed by atoms with Crippen LogP contribution in [0.1, 0.15) is 25.5 Å². The van der Waals surface area contributed by atoms with Crippen LogP contribution in [0, 0.1) is 10.1 Å². The molecule has 0 saturated carbocycles. The van der Waals surface area contributed by atoms with Gasteiger partial charge in [0, 0.05) is 25.7 Å². The summed E-state index contributed by atoms with van der Waals surface area (Å²) in [5.41, 5.74) is 0.463. The molecule has 2 N–H and O–H groups in total. The van der Waals surface area contributed by atoms with E-state index in [1.165, 1.54) is 16.4 Å². The summed E-state index contributed by atoms with van der Waals surface area (Å²) in [4.78, 5) is 10.6. The van der Waals surface area contributed by atoms with Gasteiger partial charge in [-0.1, -0.05) is 44.2 Å². The number of aliphatic hydroxyl groups excluding tert-OH is 1. The normalized spacial score (nSPS) is 12.7. The molecule has 0 fully saturated rings. The van der Waals surface area contributed by atoms with Crippen molar-refractivity contribution < 1.29 is 18.4 Å². The number of nitro benzene ring substituents is 1. The van der Waals surface area contributed by atoms with Gasteiger partial charge in [0.2, 0.25) is 10.0 Å². The summed E-state index contributed by atoms with van der Waals surface area (Å²) < 4.78 is 26.4. The summed E-state index contributed by atoms with van der Waals surface area (Å²) in [5.74, 6) is 0. The third-order valence-corrected chi connectivity index (χ3v) is 6.23. The average Bonchev–Trinajstić information content (AvgIpc) is 2.67. The SMILES string of the molecule is CCN(CC)S(=O)(=O)c1ccc(NC[C@H](O)c2ccccc2)c([N+](=O)[O-])c1. The van der Waals surface area contributed by atoms with Crippen LogP contribution in [0.25, 0.3) is 0 Å². The van der Waals surface area contributed by atoms with E-state index in [9.17, 15) is 23.6 Å². The van der Waals surface area contributed by atoms with Crippen LogP contribution in [0.15, 0.2) is 53.4 Å². The molecule has 0 saturated heterocycles. The van der Waals surface area contributed by atoms with Crippen LogP contribution in [0.5, 0.6) is 0 Å². The lowest BCUT2D eigenvalue weighted by atomic mass is 10.1. The van der Waals surface area contributed by atoms with Crippen LogP contribution >= 0.6 is 0 Å². The maximum atomic E-state index is 12.6. The Morgan fingerprint density at radius 3 is 2.33 bits per heavy atom. The molecule has 2 rings (SSSR count). The number of anilines is 1. The van der Waals surface area contributed by atoms with Crippen molar-refractivity contribution in [3.05, 3.63) is 64.2 Å². The van der Waals surface area contributed by atoms with Crippen molar-refractivity contribution in [2.24, 2.45) is 0 Å². The standard InChI is InChI=1S/C18H23N3O5S/c1-3-20(4-2)27(25,26)15-10-11-16(17(12-15)21(23)24)19-13-18(22)14-8-6-5-7-9-14/h5-12,18-19,22H,3-4,13H2,1-2H3/t18-/m0/s1. The van der Waals surface area contributed by atoms with Crippen molar-refractivity contribution in [1.29, 1.82) is 0 Å². The van der Waals surface area contributed by atoms with Crippen molar-refractivity contribution in [3.8, 4) is 0 Å². The van der Waals surface area contributed by atoms with Crippen LogP contribution in [0.4, 0.5) is 11.4 Å². The molecule has 0 spiro atoms. The molecule has 0 heterocycles. The zero-order chi connectivity index (χ0) is 20.0. The second kappa shape index (κ2) is 8.94. The number of nitro groups is 1. The first-order chi connectivity index (χ1) is 12.8. The van der Waals surface area contributed by atoms with Crippen LogP contribution < -0.4 is 5.32 Å². The molecule has 146 valence electrons. The number of hydrogen-bond donors (Lipinski definition) is 2. The fourth-order valence-electron chi connectivity index (χ4n) is 2.68. The minimum atomic E-state index is -3.80. The molecule has 0 unspecified atom stereocenters. The van der Waals surface area contributed by atoms with E-state index in [-0.39, 0.29) is 35.9 Å². The van der Waals surface area contributed by atoms with Crippen LogP contribution in [0.3, 0.4) is 0 Å². The Kier molecular flexibility index (Phi) is 6.89. The zero-order valence-corrected chi connectivity index (χ0v) is 16.0. The zero-order valence-electron chi connectivity index (χ0n) is 15.2. The van der Waals surface area contributed by atoms with E-state index in [2.05, 4.69) is 5.32 Å². The largest absolute Gasteiger partial charge is 0.387 e. The van der Waals surface area contributed by atoms with Gasteiger partial charge in [0.1, 0.15) is 5.69 Å². The number of hydrogen-bond acceptors (Lipinski definition) is 6. The molecule has 8 nitrogen and oxygen atoms in total. The molecule has 0 aliphatic heterocycles. The lowest BCUT2D eigenvalue weighted by molar-refractivity contribution is -0.384. The van der Waals surface area contributed by atoms with Gasteiger partial charge in [-0.2, -0.15) is 4.31 Å². The molecular formula is C18H23N3O5S. The maximum Gasteiger partial charge on any atom is 0.293 e. The predicted octanol–water partition coefficient (Wildman–Crippen LogP) is 2.77. The van der Waals surface area contributed by atoms with Gasteiger partial charge in [0.05, 0.1) is 15.9 Å². The lowest BCUT2D eigenvalue weighted by Gasteiger charge is -2.19. The first-order valence-electron chi connectivity index (χ1n) is 8.56. The topological polar surface area (TPSA) is 113 Å². The van der Waals surface area contributed by atoms with E-state index in [4.69, 9.17) is 0 Å². The van der Waals surface area contributed by atoms with Gasteiger partial charge in [0.15, 0.2) is 0 Å². The third kappa shape index (κ3) is 4.82. The quantitative estimate of drug-likeness (QED) is 0.500. The molecule has 0 aromatic heterocycles. The molecule has 1 atom stereocenters. The van der Waals surface area contributed by atoms with Gasteiger partial charge in [-0.05, 0) is 17.7 Å². The van der Waals surface area contributed by atoms with Crippen LogP contribution in [0.2, 0.25) is 0 Å². The number of rotatable bonds is 9. The van der Waals surface area contributed by atoms with Crippen molar-refractivity contribution in [2.75, 3.05) is 25.0 Å². The smallest absolute Gasteiger partial charge is 0.293 e. The number of nitrogens with zero attached hydrogens (tertiary/aromatic N) is 2. The van der Waals surface area contributed by atoms with Crippen molar-refractivity contribution in [3.63, 3.8) is 0 Å². The van der Waals surface area contributed by atoms with E-state index < -0.39 is 21.1 Å². The summed E-state index contributed by atoms with van der Waals surface area (Å²) in [6.07, 6.45) is -0.857. The highest BCUT2D eigenvalue weighted by Gasteiger charge is 2.25. The molecule has 0 aliphatic carbocycles. The first kappa shape index (κ1) is 20.8. The molecule has 0 amide bonds. The third-order valence-electron chi connectivity index (χ3n) is 4.18. The van der Waals surface area contributed by atoms with E-state index in [1.54, 1.807) is 38.1 Å². The van der Waals surface area contributed by atoms with Gasteiger partial charge in [-0.15, -0.1) is 0 Å². The molecular weight excluding hydrogens is 370 g/mol. The Morgan fingerprint density at radius 2 is 1.78 bits per heavy atom. The van der Waals surface area contributed by atoms with E-state index in [0.29, 0.717) is 5.56 Å². The fourth-order valence-corrected chi connectivity index (χ4v) is 4.16. The number of aliphatic hydroxyl groups is 1. The monoisotopic (exact) mass is 393 g/mol. The summed E-state index contributed by atoms with van der Waals surface area (Å²) in [6, 6.07) is 12.6. The second-order valence-electron chi connectivity index (χ2n) is 5.83. The molecule has 2 aromatic rings. The highest BCUT2D eigenvalue weighted by atomic mass is 32.2. The van der Waals surface area contributed by atoms with Gasteiger partial charge in [-0.25, -0.2) is 8.42 Å². The molecule has 2 aromatic carbocycles.